The Labute approximate surface area is 193 Å². The van der Waals surface area contributed by atoms with Gasteiger partial charge in [-0.25, -0.2) is 4.79 Å². The lowest BCUT2D eigenvalue weighted by Crippen LogP contribution is -2.43. The van der Waals surface area contributed by atoms with E-state index in [1.165, 1.54) is 7.11 Å². The highest BCUT2D eigenvalue weighted by molar-refractivity contribution is 5.92. The van der Waals surface area contributed by atoms with E-state index in [4.69, 9.17) is 14.2 Å². The van der Waals surface area contributed by atoms with Crippen LogP contribution in [0, 0.1) is 0 Å². The number of morpholine rings is 1. The minimum absolute atomic E-state index is 0.0104. The fraction of sp³-hybridized carbons (Fsp3) is 0.542. The van der Waals surface area contributed by atoms with Gasteiger partial charge in [-0.3, -0.25) is 14.4 Å². The molecule has 2 aromatic rings. The van der Waals surface area contributed by atoms with Gasteiger partial charge >= 0.3 is 6.09 Å². The van der Waals surface area contributed by atoms with E-state index in [2.05, 4.69) is 5.10 Å². The number of hydrogen-bond donors (Lipinski definition) is 0. The Morgan fingerprint density at radius 1 is 1.18 bits per heavy atom. The second-order valence-electron chi connectivity index (χ2n) is 8.89. The fourth-order valence-corrected chi connectivity index (χ4v) is 4.63. The summed E-state index contributed by atoms with van der Waals surface area (Å²) in [6, 6.07) is 4.38. The van der Waals surface area contributed by atoms with E-state index >= 15 is 0 Å². The molecule has 1 aliphatic carbocycles. The molecule has 0 radical (unpaired) electrons. The van der Waals surface area contributed by atoms with Gasteiger partial charge in [0, 0.05) is 42.0 Å². The molecular formula is C24H30N4O5. The average Bonchev–Trinajstić information content (AvgIpc) is 3.58. The van der Waals surface area contributed by atoms with Gasteiger partial charge in [0.2, 0.25) is 0 Å². The Kier molecular flexibility index (Phi) is 5.97. The standard InChI is InChI=1S/C24H30N4O5/c1-16-3-6-20-21(28(16)24(30)31-2)8-7-19(17-13-25-27(14-17)18-4-5-18)23(20)33-15-22(29)26-9-11-32-12-10-26/h7-8,13-14,16,18H,3-6,9-12,15H2,1-2H3. The van der Waals surface area contributed by atoms with Crippen LogP contribution in [0.4, 0.5) is 10.5 Å². The van der Waals surface area contributed by atoms with Crippen molar-refractivity contribution in [1.82, 2.24) is 14.7 Å². The molecule has 3 heterocycles. The van der Waals surface area contributed by atoms with Crippen molar-refractivity contribution in [2.45, 2.75) is 44.7 Å². The van der Waals surface area contributed by atoms with E-state index in [1.807, 2.05) is 36.1 Å². The molecule has 33 heavy (non-hydrogen) atoms. The van der Waals surface area contributed by atoms with Gasteiger partial charge in [0.25, 0.3) is 5.91 Å². The van der Waals surface area contributed by atoms with E-state index in [-0.39, 0.29) is 18.6 Å². The summed E-state index contributed by atoms with van der Waals surface area (Å²) >= 11 is 0. The molecule has 1 atom stereocenters. The van der Waals surface area contributed by atoms with E-state index in [0.29, 0.717) is 38.1 Å². The Morgan fingerprint density at radius 3 is 2.70 bits per heavy atom. The Hall–Kier alpha value is -3.07. The van der Waals surface area contributed by atoms with Crippen LogP contribution in [0.1, 0.15) is 37.8 Å². The molecule has 176 valence electrons. The maximum absolute atomic E-state index is 12.8. The van der Waals surface area contributed by atoms with Crippen LogP contribution >= 0.6 is 0 Å². The number of anilines is 1. The van der Waals surface area contributed by atoms with Crippen molar-refractivity contribution in [3.8, 4) is 16.9 Å². The van der Waals surface area contributed by atoms with Crippen molar-refractivity contribution in [2.24, 2.45) is 0 Å². The molecule has 0 spiro atoms. The second-order valence-corrected chi connectivity index (χ2v) is 8.89. The van der Waals surface area contributed by atoms with E-state index < -0.39 is 6.09 Å². The number of rotatable bonds is 5. The van der Waals surface area contributed by atoms with Crippen molar-refractivity contribution in [1.29, 1.82) is 0 Å². The molecule has 9 heteroatoms. The van der Waals surface area contributed by atoms with Gasteiger partial charge in [-0.15, -0.1) is 0 Å². The van der Waals surface area contributed by atoms with E-state index in [0.717, 1.165) is 48.1 Å². The summed E-state index contributed by atoms with van der Waals surface area (Å²) in [6.45, 7) is 4.19. The number of methoxy groups -OCH3 is 1. The molecule has 2 aliphatic heterocycles. The number of hydrogen-bond acceptors (Lipinski definition) is 6. The highest BCUT2D eigenvalue weighted by Crippen LogP contribution is 2.44. The van der Waals surface area contributed by atoms with E-state index in [9.17, 15) is 9.59 Å². The van der Waals surface area contributed by atoms with Crippen LogP contribution in [0.25, 0.3) is 11.1 Å². The zero-order valence-corrected chi connectivity index (χ0v) is 19.2. The highest BCUT2D eigenvalue weighted by Gasteiger charge is 2.33. The molecule has 3 aliphatic rings. The number of aromatic nitrogens is 2. The number of amides is 2. The second kappa shape index (κ2) is 9.05. The molecule has 0 bridgehead atoms. The first-order valence-corrected chi connectivity index (χ1v) is 11.6. The average molecular weight is 455 g/mol. The monoisotopic (exact) mass is 454 g/mol. The third kappa shape index (κ3) is 4.29. The molecule has 1 aromatic carbocycles. The van der Waals surface area contributed by atoms with Crippen LogP contribution in [0.15, 0.2) is 24.5 Å². The summed E-state index contributed by atoms with van der Waals surface area (Å²) in [4.78, 5) is 28.8. The van der Waals surface area contributed by atoms with Gasteiger partial charge in [0.1, 0.15) is 5.75 Å². The smallest absolute Gasteiger partial charge is 0.414 e. The molecule has 2 amide bonds. The van der Waals surface area contributed by atoms with Crippen molar-refractivity contribution in [3.05, 3.63) is 30.1 Å². The van der Waals surface area contributed by atoms with Crippen molar-refractivity contribution in [3.63, 3.8) is 0 Å². The quantitative estimate of drug-likeness (QED) is 0.690. The highest BCUT2D eigenvalue weighted by atomic mass is 16.5. The third-order valence-electron chi connectivity index (χ3n) is 6.66. The fourth-order valence-electron chi connectivity index (χ4n) is 4.63. The summed E-state index contributed by atoms with van der Waals surface area (Å²) in [6.07, 6.45) is 7.31. The predicted octanol–water partition coefficient (Wildman–Crippen LogP) is 3.03. The minimum Gasteiger partial charge on any atom is -0.483 e. The van der Waals surface area contributed by atoms with Crippen LogP contribution in [-0.4, -0.2) is 72.7 Å². The molecule has 9 nitrogen and oxygen atoms in total. The Morgan fingerprint density at radius 2 is 1.97 bits per heavy atom. The first kappa shape index (κ1) is 21.8. The zero-order valence-electron chi connectivity index (χ0n) is 19.2. The number of carbonyl (C=O) groups excluding carboxylic acids is 2. The summed E-state index contributed by atoms with van der Waals surface area (Å²) < 4.78 is 18.6. The Bertz CT molecular complexity index is 1040. The number of ether oxygens (including phenoxy) is 3. The number of nitrogens with zero attached hydrogens (tertiary/aromatic N) is 4. The van der Waals surface area contributed by atoms with Gasteiger partial charge in [-0.1, -0.05) is 0 Å². The lowest BCUT2D eigenvalue weighted by Gasteiger charge is -2.35. The maximum Gasteiger partial charge on any atom is 0.414 e. The molecule has 1 unspecified atom stereocenters. The van der Waals surface area contributed by atoms with Crippen LogP contribution in [0.2, 0.25) is 0 Å². The van der Waals surface area contributed by atoms with Crippen LogP contribution < -0.4 is 9.64 Å². The number of fused-ring (bicyclic) bond motifs is 1. The SMILES string of the molecule is COC(=O)N1c2ccc(-c3cnn(C4CC4)c3)c(OCC(=O)N3CCOCC3)c2CCC1C. The largest absolute Gasteiger partial charge is 0.483 e. The zero-order chi connectivity index (χ0) is 22.9. The van der Waals surface area contributed by atoms with Gasteiger partial charge in [0.05, 0.1) is 38.2 Å². The predicted molar refractivity (Wildman–Crippen MR) is 121 cm³/mol. The van der Waals surface area contributed by atoms with Gasteiger partial charge < -0.3 is 19.1 Å². The topological polar surface area (TPSA) is 86.1 Å². The molecule has 2 fully saturated rings. The van der Waals surface area contributed by atoms with Crippen molar-refractivity contribution in [2.75, 3.05) is 44.9 Å². The van der Waals surface area contributed by atoms with Crippen LogP contribution in [0.3, 0.4) is 0 Å². The maximum atomic E-state index is 12.8. The van der Waals surface area contributed by atoms with Crippen molar-refractivity contribution >= 4 is 17.7 Å². The lowest BCUT2D eigenvalue weighted by atomic mass is 9.92. The van der Waals surface area contributed by atoms with E-state index in [1.54, 1.807) is 9.80 Å². The first-order chi connectivity index (χ1) is 16.1. The normalized spacial score (nSPS) is 20.4. The van der Waals surface area contributed by atoms with Gasteiger partial charge in [-0.2, -0.15) is 5.10 Å². The summed E-state index contributed by atoms with van der Waals surface area (Å²) in [5.74, 6) is 0.579. The first-order valence-electron chi connectivity index (χ1n) is 11.6. The van der Waals surface area contributed by atoms with Gasteiger partial charge in [0.15, 0.2) is 6.61 Å². The minimum atomic E-state index is -0.395. The van der Waals surface area contributed by atoms with Crippen molar-refractivity contribution < 1.29 is 23.8 Å². The molecule has 0 N–H and O–H groups in total. The van der Waals surface area contributed by atoms with Crippen LogP contribution in [-0.2, 0) is 20.7 Å². The molecule has 1 saturated heterocycles. The summed E-state index contributed by atoms with van der Waals surface area (Å²) in [5.41, 5.74) is 3.52. The molecule has 1 aromatic heterocycles. The molecule has 5 rings (SSSR count). The Balaban J connectivity index is 1.50. The van der Waals surface area contributed by atoms with Crippen LogP contribution in [0.5, 0.6) is 5.75 Å². The lowest BCUT2D eigenvalue weighted by molar-refractivity contribution is -0.137. The summed E-state index contributed by atoms with van der Waals surface area (Å²) in [5, 5.41) is 4.53. The summed E-state index contributed by atoms with van der Waals surface area (Å²) in [7, 11) is 1.39. The third-order valence-corrected chi connectivity index (χ3v) is 6.66. The number of carbonyl (C=O) groups is 2. The number of benzene rings is 1. The van der Waals surface area contributed by atoms with Gasteiger partial charge in [-0.05, 0) is 44.7 Å². The molecule has 1 saturated carbocycles. The molecular weight excluding hydrogens is 424 g/mol.